The highest BCUT2D eigenvalue weighted by Gasteiger charge is 2.03. The van der Waals surface area contributed by atoms with Gasteiger partial charge < -0.3 is 5.32 Å². The van der Waals surface area contributed by atoms with Gasteiger partial charge in [0.2, 0.25) is 0 Å². The number of aromatic nitrogens is 3. The van der Waals surface area contributed by atoms with E-state index in [0.717, 1.165) is 28.6 Å². The predicted octanol–water partition coefficient (Wildman–Crippen LogP) is 2.20. The molecule has 0 aliphatic rings. The van der Waals surface area contributed by atoms with Crippen LogP contribution in [0.1, 0.15) is 11.5 Å². The van der Waals surface area contributed by atoms with Gasteiger partial charge in [0.25, 0.3) is 0 Å². The summed E-state index contributed by atoms with van der Waals surface area (Å²) in [7, 11) is 1.85. The maximum Gasteiger partial charge on any atom is 0.130 e. The summed E-state index contributed by atoms with van der Waals surface area (Å²) in [4.78, 5) is 12.8. The first-order valence-corrected chi connectivity index (χ1v) is 5.15. The number of nitrogens with one attached hydrogen (secondary N) is 1. The fraction of sp³-hybridized carbons (Fsp3) is 0.250. The molecule has 1 N–H and O–H groups in total. The minimum Gasteiger partial charge on any atom is -0.373 e. The van der Waals surface area contributed by atoms with Gasteiger partial charge in [0.1, 0.15) is 11.6 Å². The molecule has 0 fully saturated rings. The Morgan fingerprint density at radius 3 is 2.62 bits per heavy atom. The van der Waals surface area contributed by atoms with Crippen molar-refractivity contribution in [2.24, 2.45) is 0 Å². The SMILES string of the molecule is CNc1cc(-c2ccnc(C)c2)nc(C)n1. The van der Waals surface area contributed by atoms with Crippen LogP contribution in [0.2, 0.25) is 0 Å². The smallest absolute Gasteiger partial charge is 0.130 e. The van der Waals surface area contributed by atoms with Crippen LogP contribution in [0, 0.1) is 13.8 Å². The molecule has 2 heterocycles. The Hall–Kier alpha value is -1.97. The highest BCUT2D eigenvalue weighted by Crippen LogP contribution is 2.19. The van der Waals surface area contributed by atoms with Gasteiger partial charge in [-0.2, -0.15) is 0 Å². The maximum atomic E-state index is 4.41. The van der Waals surface area contributed by atoms with Crippen molar-refractivity contribution in [2.45, 2.75) is 13.8 Å². The van der Waals surface area contributed by atoms with Crippen molar-refractivity contribution in [3.05, 3.63) is 35.9 Å². The molecule has 0 amide bonds. The van der Waals surface area contributed by atoms with Crippen molar-refractivity contribution < 1.29 is 0 Å². The Balaban J connectivity index is 2.51. The summed E-state index contributed by atoms with van der Waals surface area (Å²) >= 11 is 0. The van der Waals surface area contributed by atoms with E-state index in [2.05, 4.69) is 20.3 Å². The molecule has 0 aliphatic heterocycles. The Bertz CT molecular complexity index is 508. The van der Waals surface area contributed by atoms with Crippen LogP contribution in [-0.4, -0.2) is 22.0 Å². The zero-order valence-electron chi connectivity index (χ0n) is 9.65. The monoisotopic (exact) mass is 214 g/mol. The number of rotatable bonds is 2. The molecule has 2 aromatic rings. The molecule has 0 radical (unpaired) electrons. The lowest BCUT2D eigenvalue weighted by atomic mass is 10.1. The molecule has 0 spiro atoms. The average Bonchev–Trinajstić information content (AvgIpc) is 2.28. The largest absolute Gasteiger partial charge is 0.373 e. The van der Waals surface area contributed by atoms with Gasteiger partial charge in [-0.15, -0.1) is 0 Å². The van der Waals surface area contributed by atoms with Crippen LogP contribution >= 0.6 is 0 Å². The molecule has 0 unspecified atom stereocenters. The van der Waals surface area contributed by atoms with Gasteiger partial charge in [0.15, 0.2) is 0 Å². The second-order valence-corrected chi connectivity index (χ2v) is 3.62. The van der Waals surface area contributed by atoms with Crippen molar-refractivity contribution in [3.8, 4) is 11.3 Å². The lowest BCUT2D eigenvalue weighted by molar-refractivity contribution is 1.05. The van der Waals surface area contributed by atoms with Crippen LogP contribution in [0.25, 0.3) is 11.3 Å². The molecule has 0 aromatic carbocycles. The van der Waals surface area contributed by atoms with Crippen LogP contribution in [0.3, 0.4) is 0 Å². The summed E-state index contributed by atoms with van der Waals surface area (Å²) in [5, 5.41) is 3.03. The van der Waals surface area contributed by atoms with E-state index in [1.54, 1.807) is 6.20 Å². The standard InChI is InChI=1S/C12H14N4/c1-8-6-10(4-5-14-8)11-7-12(13-3)16-9(2)15-11/h4-7H,1-3H3,(H,13,15,16). The van der Waals surface area contributed by atoms with Gasteiger partial charge in [-0.3, -0.25) is 4.98 Å². The zero-order valence-corrected chi connectivity index (χ0v) is 9.65. The molecular formula is C12H14N4. The molecule has 0 atom stereocenters. The minimum atomic E-state index is 0.760. The third kappa shape index (κ3) is 2.16. The second kappa shape index (κ2) is 4.26. The van der Waals surface area contributed by atoms with Gasteiger partial charge in [-0.25, -0.2) is 9.97 Å². The Morgan fingerprint density at radius 2 is 1.94 bits per heavy atom. The molecule has 2 rings (SSSR count). The summed E-state index contributed by atoms with van der Waals surface area (Å²) in [6.07, 6.45) is 1.79. The summed E-state index contributed by atoms with van der Waals surface area (Å²) in [6.45, 7) is 3.86. The third-order valence-electron chi connectivity index (χ3n) is 2.29. The Labute approximate surface area is 94.8 Å². The number of hydrogen-bond acceptors (Lipinski definition) is 4. The highest BCUT2D eigenvalue weighted by molar-refractivity contribution is 5.62. The first kappa shape index (κ1) is 10.5. The van der Waals surface area contributed by atoms with Crippen molar-refractivity contribution in [1.29, 1.82) is 0 Å². The summed E-state index contributed by atoms with van der Waals surface area (Å²) in [5.41, 5.74) is 2.97. The van der Waals surface area contributed by atoms with E-state index in [1.807, 2.05) is 39.1 Å². The maximum absolute atomic E-state index is 4.41. The van der Waals surface area contributed by atoms with Gasteiger partial charge in [-0.1, -0.05) is 0 Å². The van der Waals surface area contributed by atoms with E-state index in [0.29, 0.717) is 0 Å². The summed E-state index contributed by atoms with van der Waals surface area (Å²) < 4.78 is 0. The van der Waals surface area contributed by atoms with E-state index in [-0.39, 0.29) is 0 Å². The van der Waals surface area contributed by atoms with Crippen molar-refractivity contribution in [3.63, 3.8) is 0 Å². The zero-order chi connectivity index (χ0) is 11.5. The van der Waals surface area contributed by atoms with Gasteiger partial charge >= 0.3 is 0 Å². The van der Waals surface area contributed by atoms with Gasteiger partial charge in [0.05, 0.1) is 5.69 Å². The van der Waals surface area contributed by atoms with E-state index in [4.69, 9.17) is 0 Å². The molecule has 2 aromatic heterocycles. The van der Waals surface area contributed by atoms with E-state index in [9.17, 15) is 0 Å². The van der Waals surface area contributed by atoms with Gasteiger partial charge in [0, 0.05) is 30.6 Å². The van der Waals surface area contributed by atoms with Crippen LogP contribution in [0.5, 0.6) is 0 Å². The molecule has 16 heavy (non-hydrogen) atoms. The lowest BCUT2D eigenvalue weighted by Gasteiger charge is -2.05. The number of pyridine rings is 1. The first-order valence-electron chi connectivity index (χ1n) is 5.15. The van der Waals surface area contributed by atoms with Crippen LogP contribution in [0.4, 0.5) is 5.82 Å². The molecule has 4 nitrogen and oxygen atoms in total. The van der Waals surface area contributed by atoms with Crippen LogP contribution in [-0.2, 0) is 0 Å². The number of hydrogen-bond donors (Lipinski definition) is 1. The van der Waals surface area contributed by atoms with Crippen molar-refractivity contribution in [1.82, 2.24) is 15.0 Å². The highest BCUT2D eigenvalue weighted by atomic mass is 15.0. The molecule has 0 saturated carbocycles. The molecule has 82 valence electrons. The first-order chi connectivity index (χ1) is 7.69. The van der Waals surface area contributed by atoms with Crippen LogP contribution < -0.4 is 5.32 Å². The molecular weight excluding hydrogens is 200 g/mol. The van der Waals surface area contributed by atoms with Crippen molar-refractivity contribution in [2.75, 3.05) is 12.4 Å². The van der Waals surface area contributed by atoms with Crippen LogP contribution in [0.15, 0.2) is 24.4 Å². The molecule has 0 saturated heterocycles. The molecule has 0 bridgehead atoms. The lowest BCUT2D eigenvalue weighted by Crippen LogP contribution is -1.98. The quantitative estimate of drug-likeness (QED) is 0.832. The number of anilines is 1. The normalized spacial score (nSPS) is 10.2. The van der Waals surface area contributed by atoms with E-state index < -0.39 is 0 Å². The van der Waals surface area contributed by atoms with Gasteiger partial charge in [-0.05, 0) is 26.0 Å². The van der Waals surface area contributed by atoms with E-state index >= 15 is 0 Å². The third-order valence-corrected chi connectivity index (χ3v) is 2.29. The second-order valence-electron chi connectivity index (χ2n) is 3.62. The predicted molar refractivity (Wildman–Crippen MR) is 64.3 cm³/mol. The fourth-order valence-corrected chi connectivity index (χ4v) is 1.55. The van der Waals surface area contributed by atoms with Crippen molar-refractivity contribution >= 4 is 5.82 Å². The Morgan fingerprint density at radius 1 is 1.12 bits per heavy atom. The van der Waals surface area contributed by atoms with E-state index in [1.165, 1.54) is 0 Å². The minimum absolute atomic E-state index is 0.760. The average molecular weight is 214 g/mol. The summed E-state index contributed by atoms with van der Waals surface area (Å²) in [6, 6.07) is 5.90. The summed E-state index contributed by atoms with van der Waals surface area (Å²) in [5.74, 6) is 1.59. The Kier molecular flexibility index (Phi) is 2.81. The molecule has 0 aliphatic carbocycles. The number of aryl methyl sites for hydroxylation is 2. The topological polar surface area (TPSA) is 50.7 Å². The number of nitrogens with zero attached hydrogens (tertiary/aromatic N) is 3. The molecule has 4 heteroatoms. The fourth-order valence-electron chi connectivity index (χ4n) is 1.55.